The number of carbonyl (C=O) groups is 1. The number of rotatable bonds is 5. The predicted molar refractivity (Wildman–Crippen MR) is 117 cm³/mol. The van der Waals surface area contributed by atoms with Crippen LogP contribution in [0.2, 0.25) is 0 Å². The Bertz CT molecular complexity index is 941. The zero-order chi connectivity index (χ0) is 22.7. The van der Waals surface area contributed by atoms with Crippen LogP contribution in [-0.2, 0) is 6.18 Å². The molecule has 2 aromatic carbocycles. The van der Waals surface area contributed by atoms with Crippen LogP contribution in [0.1, 0.15) is 46.7 Å². The molecule has 2 aliphatic rings. The van der Waals surface area contributed by atoms with E-state index in [0.717, 1.165) is 38.5 Å². The maximum Gasteiger partial charge on any atom is 0.416 e. The van der Waals surface area contributed by atoms with Crippen molar-refractivity contribution in [2.45, 2.75) is 31.4 Å². The first-order chi connectivity index (χ1) is 15.3. The Morgan fingerprint density at radius 2 is 1.78 bits per heavy atom. The number of hydrogen-bond acceptors (Lipinski definition) is 3. The van der Waals surface area contributed by atoms with Gasteiger partial charge in [0.1, 0.15) is 5.75 Å². The van der Waals surface area contributed by atoms with E-state index in [4.69, 9.17) is 4.74 Å². The van der Waals surface area contributed by atoms with E-state index < -0.39 is 11.7 Å². The lowest BCUT2D eigenvalue weighted by Crippen LogP contribution is -2.36. The van der Waals surface area contributed by atoms with Crippen molar-refractivity contribution in [3.63, 3.8) is 0 Å². The highest BCUT2D eigenvalue weighted by atomic mass is 19.4. The summed E-state index contributed by atoms with van der Waals surface area (Å²) in [6, 6.07) is 12.6. The number of nitrogens with zero attached hydrogens (tertiary/aromatic N) is 2. The second-order valence-electron chi connectivity index (χ2n) is 8.79. The molecule has 7 heteroatoms. The van der Waals surface area contributed by atoms with Crippen molar-refractivity contribution in [3.05, 3.63) is 65.2 Å². The van der Waals surface area contributed by atoms with Crippen LogP contribution in [0.25, 0.3) is 0 Å². The molecule has 2 heterocycles. The molecule has 2 atom stereocenters. The summed E-state index contributed by atoms with van der Waals surface area (Å²) in [5, 5.41) is 0. The number of alkyl halides is 3. The molecule has 0 bridgehead atoms. The number of likely N-dealkylation sites (tertiary alicyclic amines) is 2. The van der Waals surface area contributed by atoms with E-state index in [1.165, 1.54) is 18.6 Å². The standard InChI is InChI=1S/C25H29F3N2O2/c1-32-22-10-6-8-19(14-22)24(31)30-16-20(15-29-11-3-2-4-12-29)23(17-30)18-7-5-9-21(13-18)25(26,27)28/h5-10,13-14,20,23H,2-4,11-12,15-17H2,1H3/t20-,23+/m1/s1. The third-order valence-electron chi connectivity index (χ3n) is 6.63. The molecular formula is C25H29F3N2O2. The van der Waals surface area contributed by atoms with Crippen LogP contribution < -0.4 is 4.74 Å². The Labute approximate surface area is 187 Å². The fourth-order valence-corrected chi connectivity index (χ4v) is 4.96. The molecule has 4 rings (SSSR count). The third kappa shape index (κ3) is 5.09. The van der Waals surface area contributed by atoms with Crippen molar-refractivity contribution in [1.82, 2.24) is 9.80 Å². The maximum absolute atomic E-state index is 13.3. The molecule has 0 saturated carbocycles. The number of hydrogen-bond donors (Lipinski definition) is 0. The van der Waals surface area contributed by atoms with Gasteiger partial charge in [-0.3, -0.25) is 4.79 Å². The Balaban J connectivity index is 1.59. The van der Waals surface area contributed by atoms with E-state index in [2.05, 4.69) is 4.90 Å². The zero-order valence-corrected chi connectivity index (χ0v) is 18.3. The summed E-state index contributed by atoms with van der Waals surface area (Å²) in [6.45, 7) is 3.76. The van der Waals surface area contributed by atoms with Gasteiger partial charge in [0.2, 0.25) is 0 Å². The van der Waals surface area contributed by atoms with Crippen LogP contribution in [0, 0.1) is 5.92 Å². The molecule has 0 aliphatic carbocycles. The van der Waals surface area contributed by atoms with Crippen molar-refractivity contribution in [2.75, 3.05) is 39.8 Å². The lowest BCUT2D eigenvalue weighted by atomic mass is 9.87. The van der Waals surface area contributed by atoms with Gasteiger partial charge >= 0.3 is 6.18 Å². The minimum atomic E-state index is -4.38. The van der Waals surface area contributed by atoms with Gasteiger partial charge in [0, 0.05) is 31.1 Å². The molecule has 0 radical (unpaired) electrons. The van der Waals surface area contributed by atoms with Crippen LogP contribution in [0.5, 0.6) is 5.75 Å². The van der Waals surface area contributed by atoms with Crippen molar-refractivity contribution < 1.29 is 22.7 Å². The highest BCUT2D eigenvalue weighted by Crippen LogP contribution is 2.37. The summed E-state index contributed by atoms with van der Waals surface area (Å²) in [7, 11) is 1.55. The monoisotopic (exact) mass is 446 g/mol. The smallest absolute Gasteiger partial charge is 0.416 e. The van der Waals surface area contributed by atoms with Gasteiger partial charge in [-0.05, 0) is 61.7 Å². The van der Waals surface area contributed by atoms with Gasteiger partial charge in [-0.25, -0.2) is 0 Å². The number of ether oxygens (including phenoxy) is 1. The number of carbonyl (C=O) groups excluding carboxylic acids is 1. The molecule has 172 valence electrons. The van der Waals surface area contributed by atoms with Gasteiger partial charge < -0.3 is 14.5 Å². The van der Waals surface area contributed by atoms with Crippen LogP contribution in [0.4, 0.5) is 13.2 Å². The summed E-state index contributed by atoms with van der Waals surface area (Å²) >= 11 is 0. The predicted octanol–water partition coefficient (Wildman–Crippen LogP) is 5.06. The summed E-state index contributed by atoms with van der Waals surface area (Å²) in [6.07, 6.45) is -0.868. The van der Waals surface area contributed by atoms with E-state index in [1.54, 1.807) is 42.3 Å². The molecule has 0 unspecified atom stereocenters. The SMILES string of the molecule is COc1cccc(C(=O)N2C[C@@H](CN3CCCCC3)[C@H](c3cccc(C(F)(F)F)c3)C2)c1. The minimum Gasteiger partial charge on any atom is -0.497 e. The van der Waals surface area contributed by atoms with Gasteiger partial charge in [-0.15, -0.1) is 0 Å². The molecule has 2 saturated heterocycles. The summed E-state index contributed by atoms with van der Waals surface area (Å²) in [4.78, 5) is 17.4. The number of piperidine rings is 1. The molecule has 0 aromatic heterocycles. The van der Waals surface area contributed by atoms with E-state index in [1.807, 2.05) is 0 Å². The fourth-order valence-electron chi connectivity index (χ4n) is 4.96. The number of benzene rings is 2. The highest BCUT2D eigenvalue weighted by Gasteiger charge is 2.39. The average molecular weight is 447 g/mol. The Morgan fingerprint density at radius 1 is 1.03 bits per heavy atom. The van der Waals surface area contributed by atoms with Gasteiger partial charge in [0.25, 0.3) is 5.91 Å². The van der Waals surface area contributed by atoms with E-state index in [-0.39, 0.29) is 17.7 Å². The summed E-state index contributed by atoms with van der Waals surface area (Å²) in [5.41, 5.74) is 0.554. The van der Waals surface area contributed by atoms with Crippen molar-refractivity contribution in [1.29, 1.82) is 0 Å². The lowest BCUT2D eigenvalue weighted by Gasteiger charge is -2.31. The van der Waals surface area contributed by atoms with Gasteiger partial charge in [-0.1, -0.05) is 30.7 Å². The zero-order valence-electron chi connectivity index (χ0n) is 18.3. The Hall–Kier alpha value is -2.54. The molecular weight excluding hydrogens is 417 g/mol. The number of halogens is 3. The summed E-state index contributed by atoms with van der Waals surface area (Å²) in [5.74, 6) is 0.455. The molecule has 2 fully saturated rings. The molecule has 1 amide bonds. The normalized spacial score (nSPS) is 22.2. The molecule has 2 aromatic rings. The van der Waals surface area contributed by atoms with Crippen LogP contribution >= 0.6 is 0 Å². The van der Waals surface area contributed by atoms with Gasteiger partial charge in [0.15, 0.2) is 0 Å². The van der Waals surface area contributed by atoms with Crippen LogP contribution in [0.3, 0.4) is 0 Å². The molecule has 0 spiro atoms. The van der Waals surface area contributed by atoms with E-state index in [0.29, 0.717) is 30.0 Å². The molecule has 0 N–H and O–H groups in total. The van der Waals surface area contributed by atoms with Crippen LogP contribution in [-0.4, -0.2) is 55.5 Å². The lowest BCUT2D eigenvalue weighted by molar-refractivity contribution is -0.137. The maximum atomic E-state index is 13.3. The second kappa shape index (κ2) is 9.53. The third-order valence-corrected chi connectivity index (χ3v) is 6.63. The highest BCUT2D eigenvalue weighted by molar-refractivity contribution is 5.94. The number of methoxy groups -OCH3 is 1. The minimum absolute atomic E-state index is 0.0890. The van der Waals surface area contributed by atoms with E-state index in [9.17, 15) is 18.0 Å². The van der Waals surface area contributed by atoms with Gasteiger partial charge in [-0.2, -0.15) is 13.2 Å². The Kier molecular flexibility index (Phi) is 6.74. The average Bonchev–Trinajstić information content (AvgIpc) is 3.22. The second-order valence-corrected chi connectivity index (χ2v) is 8.79. The van der Waals surface area contributed by atoms with Gasteiger partial charge in [0.05, 0.1) is 12.7 Å². The number of amides is 1. The summed E-state index contributed by atoms with van der Waals surface area (Å²) < 4.78 is 45.3. The first-order valence-electron chi connectivity index (χ1n) is 11.2. The molecule has 2 aliphatic heterocycles. The van der Waals surface area contributed by atoms with E-state index >= 15 is 0 Å². The largest absolute Gasteiger partial charge is 0.497 e. The molecule has 32 heavy (non-hydrogen) atoms. The van der Waals surface area contributed by atoms with Crippen molar-refractivity contribution >= 4 is 5.91 Å². The first kappa shape index (κ1) is 22.6. The Morgan fingerprint density at radius 3 is 2.50 bits per heavy atom. The quantitative estimate of drug-likeness (QED) is 0.644. The van der Waals surface area contributed by atoms with Crippen molar-refractivity contribution in [3.8, 4) is 5.75 Å². The first-order valence-corrected chi connectivity index (χ1v) is 11.2. The van der Waals surface area contributed by atoms with Crippen molar-refractivity contribution in [2.24, 2.45) is 5.92 Å². The van der Waals surface area contributed by atoms with Crippen LogP contribution in [0.15, 0.2) is 48.5 Å². The fraction of sp³-hybridized carbons (Fsp3) is 0.480. The molecule has 4 nitrogen and oxygen atoms in total. The topological polar surface area (TPSA) is 32.8 Å².